The monoisotopic (exact) mass is 401 g/mol. The van der Waals surface area contributed by atoms with Crippen LogP contribution < -0.4 is 10.5 Å². The summed E-state index contributed by atoms with van der Waals surface area (Å²) in [5.74, 6) is 0.200. The van der Waals surface area contributed by atoms with E-state index in [1.54, 1.807) is 0 Å². The van der Waals surface area contributed by atoms with Crippen molar-refractivity contribution >= 4 is 25.7 Å². The molecule has 2 N–H and O–H groups in total. The van der Waals surface area contributed by atoms with E-state index in [4.69, 9.17) is 28.8 Å². The fourth-order valence-corrected chi connectivity index (χ4v) is 4.53. The minimum absolute atomic E-state index is 0.00879. The number of aromatic nitrogens is 4. The van der Waals surface area contributed by atoms with Gasteiger partial charge in [-0.05, 0) is 20.8 Å². The predicted octanol–water partition coefficient (Wildman–Crippen LogP) is 2.11. The van der Waals surface area contributed by atoms with Crippen LogP contribution in [0.3, 0.4) is 0 Å². The highest BCUT2D eigenvalue weighted by molar-refractivity contribution is 7.41. The Balaban J connectivity index is 1.68. The Morgan fingerprint density at radius 1 is 1.44 bits per heavy atom. The summed E-state index contributed by atoms with van der Waals surface area (Å²) in [6.07, 6.45) is -1.14. The Labute approximate surface area is 156 Å². The summed E-state index contributed by atoms with van der Waals surface area (Å²) in [7, 11) is -0.189. The number of imidazole rings is 1. The molecule has 0 aliphatic carbocycles. The highest BCUT2D eigenvalue weighted by atomic mass is 31.2. The molecule has 0 spiro atoms. The first-order valence-corrected chi connectivity index (χ1v) is 9.55. The number of rotatable bonds is 4. The van der Waals surface area contributed by atoms with E-state index in [0.29, 0.717) is 11.2 Å². The fraction of sp³-hybridized carbons (Fsp3) is 0.667. The van der Waals surface area contributed by atoms with Crippen molar-refractivity contribution in [1.82, 2.24) is 19.5 Å². The van der Waals surface area contributed by atoms with Gasteiger partial charge in [-0.3, -0.25) is 4.57 Å². The Morgan fingerprint density at radius 2 is 2.22 bits per heavy atom. The van der Waals surface area contributed by atoms with Gasteiger partial charge in [0.15, 0.2) is 23.1 Å². The van der Waals surface area contributed by atoms with E-state index in [-0.39, 0.29) is 24.5 Å². The molecule has 2 aromatic rings. The number of anilines is 1. The lowest BCUT2D eigenvalue weighted by Gasteiger charge is -2.33. The number of alkyl halides is 1. The minimum atomic E-state index is -1.88. The van der Waals surface area contributed by atoms with Crippen LogP contribution in [-0.4, -0.2) is 57.2 Å². The summed E-state index contributed by atoms with van der Waals surface area (Å²) in [6.45, 7) is 5.31. The molecule has 0 amide bonds. The highest BCUT2D eigenvalue weighted by Gasteiger charge is 2.59. The van der Waals surface area contributed by atoms with Crippen molar-refractivity contribution in [2.24, 2.45) is 0 Å². The topological polar surface area (TPSA) is 116 Å². The molecule has 4 heterocycles. The number of nitrogen functional groups attached to an aromatic ring is 1. The predicted molar refractivity (Wildman–Crippen MR) is 93.7 cm³/mol. The van der Waals surface area contributed by atoms with Gasteiger partial charge < -0.3 is 28.8 Å². The van der Waals surface area contributed by atoms with Crippen molar-refractivity contribution in [3.63, 3.8) is 0 Å². The molecule has 0 aromatic carbocycles. The van der Waals surface area contributed by atoms with E-state index in [1.165, 1.54) is 24.9 Å². The average molecular weight is 401 g/mol. The molecule has 5 atom stereocenters. The van der Waals surface area contributed by atoms with Gasteiger partial charge in [-0.25, -0.2) is 9.37 Å². The van der Waals surface area contributed by atoms with Crippen LogP contribution in [0, 0.1) is 0 Å². The Bertz CT molecular complexity index is 849. The van der Waals surface area contributed by atoms with Gasteiger partial charge in [0.1, 0.15) is 12.2 Å². The van der Waals surface area contributed by atoms with Crippen LogP contribution in [0.2, 0.25) is 0 Å². The number of nitrogens with zero attached hydrogens (tertiary/aromatic N) is 4. The molecular formula is C15H21FN5O5P. The van der Waals surface area contributed by atoms with E-state index >= 15 is 4.39 Å². The maximum Gasteiger partial charge on any atom is 0.333 e. The van der Waals surface area contributed by atoms with Crippen LogP contribution in [-0.2, 0) is 18.3 Å². The first-order valence-electron chi connectivity index (χ1n) is 8.46. The third-order valence-corrected chi connectivity index (χ3v) is 5.73. The normalized spacial score (nSPS) is 33.6. The smallest absolute Gasteiger partial charge is 0.333 e. The van der Waals surface area contributed by atoms with Crippen molar-refractivity contribution in [1.29, 1.82) is 0 Å². The van der Waals surface area contributed by atoms with Gasteiger partial charge in [-0.2, -0.15) is 9.97 Å². The van der Waals surface area contributed by atoms with Crippen molar-refractivity contribution in [3.05, 3.63) is 6.33 Å². The molecule has 2 aliphatic rings. The molecule has 0 unspecified atom stereocenters. The SMILES string of the molecule is COc1nc(N)nc2c1ncn2[C@@H]1O[C@@H]2CO[P@@](OC(C)C)O[C@H]2[C@@]1(C)F. The largest absolute Gasteiger partial charge is 0.479 e. The first-order chi connectivity index (χ1) is 12.8. The van der Waals surface area contributed by atoms with E-state index in [1.807, 2.05) is 13.8 Å². The molecule has 148 valence electrons. The molecular weight excluding hydrogens is 380 g/mol. The number of methoxy groups -OCH3 is 1. The van der Waals surface area contributed by atoms with Crippen LogP contribution in [0.25, 0.3) is 11.2 Å². The third-order valence-electron chi connectivity index (χ3n) is 4.37. The molecule has 27 heavy (non-hydrogen) atoms. The van der Waals surface area contributed by atoms with Gasteiger partial charge in [0.2, 0.25) is 11.8 Å². The Hall–Kier alpha value is -1.65. The van der Waals surface area contributed by atoms with Gasteiger partial charge in [0, 0.05) is 0 Å². The maximum atomic E-state index is 15.8. The molecule has 0 saturated carbocycles. The number of hydrogen-bond donors (Lipinski definition) is 1. The molecule has 4 rings (SSSR count). The van der Waals surface area contributed by atoms with Crippen molar-refractivity contribution in [3.8, 4) is 5.88 Å². The first kappa shape index (κ1) is 18.7. The fourth-order valence-electron chi connectivity index (χ4n) is 3.21. The van der Waals surface area contributed by atoms with E-state index < -0.39 is 32.7 Å². The molecule has 2 aliphatic heterocycles. The lowest BCUT2D eigenvalue weighted by atomic mass is 9.98. The maximum absolute atomic E-state index is 15.8. The quantitative estimate of drug-likeness (QED) is 0.769. The zero-order valence-electron chi connectivity index (χ0n) is 15.3. The second kappa shape index (κ2) is 6.75. The Morgan fingerprint density at radius 3 is 2.93 bits per heavy atom. The lowest BCUT2D eigenvalue weighted by Crippen LogP contribution is -2.44. The van der Waals surface area contributed by atoms with Gasteiger partial charge >= 0.3 is 8.60 Å². The molecule has 2 fully saturated rings. The number of ether oxygens (including phenoxy) is 2. The van der Waals surface area contributed by atoms with Crippen molar-refractivity contribution < 1.29 is 27.4 Å². The number of hydrogen-bond acceptors (Lipinski definition) is 9. The molecule has 2 aromatic heterocycles. The number of fused-ring (bicyclic) bond motifs is 2. The van der Waals surface area contributed by atoms with Gasteiger partial charge in [-0.1, -0.05) is 0 Å². The van der Waals surface area contributed by atoms with Gasteiger partial charge in [-0.15, -0.1) is 0 Å². The van der Waals surface area contributed by atoms with Gasteiger partial charge in [0.25, 0.3) is 0 Å². The summed E-state index contributed by atoms with van der Waals surface area (Å²) in [5.41, 5.74) is 4.54. The van der Waals surface area contributed by atoms with E-state index in [0.717, 1.165) is 0 Å². The molecule has 0 radical (unpaired) electrons. The lowest BCUT2D eigenvalue weighted by molar-refractivity contribution is -0.0635. The van der Waals surface area contributed by atoms with Crippen molar-refractivity contribution in [2.75, 3.05) is 19.5 Å². The van der Waals surface area contributed by atoms with Crippen LogP contribution >= 0.6 is 8.60 Å². The van der Waals surface area contributed by atoms with E-state index in [9.17, 15) is 0 Å². The summed E-state index contributed by atoms with van der Waals surface area (Å²) >= 11 is 0. The summed E-state index contributed by atoms with van der Waals surface area (Å²) < 4.78 is 45.2. The minimum Gasteiger partial charge on any atom is -0.479 e. The second-order valence-corrected chi connectivity index (χ2v) is 7.92. The number of halogens is 1. The summed E-state index contributed by atoms with van der Waals surface area (Å²) in [5, 5.41) is 0. The molecule has 10 nitrogen and oxygen atoms in total. The average Bonchev–Trinajstić information content (AvgIpc) is 3.12. The van der Waals surface area contributed by atoms with E-state index in [2.05, 4.69) is 15.0 Å². The molecule has 2 saturated heterocycles. The van der Waals surface area contributed by atoms with Crippen LogP contribution in [0.4, 0.5) is 10.3 Å². The third kappa shape index (κ3) is 3.13. The van der Waals surface area contributed by atoms with Crippen LogP contribution in [0.5, 0.6) is 5.88 Å². The standard InChI is InChI=1S/C15H21FN5O5P/c1-7(2)25-27-23-5-8-10(26-27)15(3,16)13(24-8)21-6-18-9-11(21)19-14(17)20-12(9)22-4/h6-8,10,13H,5H2,1-4H3,(H2,17,19,20)/t8-,10-,13-,15-,27+/m1/s1. The van der Waals surface area contributed by atoms with Crippen molar-refractivity contribution in [2.45, 2.75) is 51.0 Å². The zero-order chi connectivity index (χ0) is 19.3. The van der Waals surface area contributed by atoms with Gasteiger partial charge in [0.05, 0.1) is 26.1 Å². The molecule has 12 heteroatoms. The number of nitrogens with two attached hydrogens (primary N) is 1. The highest BCUT2D eigenvalue weighted by Crippen LogP contribution is 2.55. The second-order valence-electron chi connectivity index (χ2n) is 6.79. The van der Waals surface area contributed by atoms with Crippen LogP contribution in [0.15, 0.2) is 6.33 Å². The summed E-state index contributed by atoms with van der Waals surface area (Å²) in [4.78, 5) is 12.4. The van der Waals surface area contributed by atoms with Crippen LogP contribution in [0.1, 0.15) is 27.0 Å². The zero-order valence-corrected chi connectivity index (χ0v) is 16.2. The molecule has 0 bridgehead atoms. The summed E-state index contributed by atoms with van der Waals surface area (Å²) in [6, 6.07) is 0. The Kier molecular flexibility index (Phi) is 4.68.